The Morgan fingerprint density at radius 3 is 1.45 bits per heavy atom. The first-order chi connectivity index (χ1) is 29.0. The Kier molecular flexibility index (Phi) is 9.44. The minimum absolute atomic E-state index is 0.185. The maximum atomic E-state index is 13.6. The van der Waals surface area contributed by atoms with Gasteiger partial charge in [-0.05, 0) is 139 Å². The van der Waals surface area contributed by atoms with E-state index >= 15 is 0 Å². The molecular formula is C50H35N3O7. The quantitative estimate of drug-likeness (QED) is 0.0618. The van der Waals surface area contributed by atoms with Crippen LogP contribution in [0.2, 0.25) is 0 Å². The van der Waals surface area contributed by atoms with Crippen LogP contribution in [0.4, 0.5) is 17.1 Å². The number of amides is 2. The number of cyclic esters (lactones) is 2. The zero-order chi connectivity index (χ0) is 41.5. The molecule has 2 amide bonds. The Hall–Kier alpha value is -7.98. The van der Waals surface area contributed by atoms with E-state index in [2.05, 4.69) is 28.6 Å². The molecule has 0 bridgehead atoms. The molecule has 0 unspecified atom stereocenters. The minimum atomic E-state index is -0.684. The van der Waals surface area contributed by atoms with E-state index in [0.717, 1.165) is 28.2 Å². The number of aliphatic imine (C=N–C) groups is 2. The van der Waals surface area contributed by atoms with Gasteiger partial charge >= 0.3 is 11.9 Å². The number of rotatable bonds is 9. The molecule has 0 saturated carbocycles. The number of nitrogens with zero attached hydrogens (tertiary/aromatic N) is 3. The number of anilines is 1. The van der Waals surface area contributed by atoms with Crippen molar-refractivity contribution >= 4 is 52.2 Å². The fourth-order valence-corrected chi connectivity index (χ4v) is 7.16. The number of benzene rings is 6. The Balaban J connectivity index is 0.830. The number of allylic oxidation sites excluding steroid dienone is 4. The van der Waals surface area contributed by atoms with Crippen LogP contribution in [0, 0.1) is 6.92 Å². The van der Waals surface area contributed by atoms with Crippen LogP contribution in [0.1, 0.15) is 72.0 Å². The normalized spacial score (nSPS) is 14.3. The van der Waals surface area contributed by atoms with Gasteiger partial charge in [0.2, 0.25) is 0 Å². The smallest absolute Gasteiger partial charge is 0.347 e. The lowest BCUT2D eigenvalue weighted by Gasteiger charge is -2.26. The number of hydrogen-bond donors (Lipinski definition) is 0. The lowest BCUT2D eigenvalue weighted by Crippen LogP contribution is -2.29. The number of esters is 2. The molecule has 6 aromatic carbocycles. The molecule has 0 fully saturated rings. The molecule has 2 heterocycles. The average molecular weight is 790 g/mol. The lowest BCUT2D eigenvalue weighted by atomic mass is 9.78. The number of fused-ring (bicyclic) bond motifs is 2. The van der Waals surface area contributed by atoms with Crippen LogP contribution in [-0.4, -0.2) is 35.2 Å². The molecule has 9 rings (SSSR count). The summed E-state index contributed by atoms with van der Waals surface area (Å²) in [5, 5.41) is 0. The summed E-state index contributed by atoms with van der Waals surface area (Å²) in [6, 6.07) is 39.9. The molecule has 10 nitrogen and oxygen atoms in total. The summed E-state index contributed by atoms with van der Waals surface area (Å²) in [7, 11) is 0. The zero-order valence-corrected chi connectivity index (χ0v) is 32.7. The highest BCUT2D eigenvalue weighted by Gasteiger charge is 2.37. The summed E-state index contributed by atoms with van der Waals surface area (Å²) < 4.78 is 16.8. The summed E-state index contributed by atoms with van der Waals surface area (Å²) in [6.45, 7) is 6.27. The Morgan fingerprint density at radius 2 is 0.917 bits per heavy atom. The van der Waals surface area contributed by atoms with Crippen molar-refractivity contribution < 1.29 is 33.4 Å². The highest BCUT2D eigenvalue weighted by molar-refractivity contribution is 6.34. The summed E-state index contributed by atoms with van der Waals surface area (Å²) in [5.41, 5.74) is 7.43. The summed E-state index contributed by atoms with van der Waals surface area (Å²) in [4.78, 5) is 61.3. The van der Waals surface area contributed by atoms with Crippen molar-refractivity contribution in [3.05, 3.63) is 197 Å². The second-order valence-corrected chi connectivity index (χ2v) is 15.0. The maximum Gasteiger partial charge on any atom is 0.347 e. The fourth-order valence-electron chi connectivity index (χ4n) is 7.16. The fraction of sp³-hybridized carbons (Fsp3) is 0.0800. The molecule has 0 saturated heterocycles. The number of ether oxygens (including phenoxy) is 3. The van der Waals surface area contributed by atoms with Crippen LogP contribution in [0.15, 0.2) is 168 Å². The van der Waals surface area contributed by atoms with E-state index in [4.69, 9.17) is 9.47 Å². The van der Waals surface area contributed by atoms with E-state index in [-0.39, 0.29) is 22.1 Å². The third-order valence-electron chi connectivity index (χ3n) is 10.6. The van der Waals surface area contributed by atoms with Crippen LogP contribution < -0.4 is 14.4 Å². The van der Waals surface area contributed by atoms with Crippen LogP contribution in [0.3, 0.4) is 0 Å². The Labute approximate surface area is 345 Å². The highest BCUT2D eigenvalue weighted by Crippen LogP contribution is 2.37. The van der Waals surface area contributed by atoms with Crippen molar-refractivity contribution in [2.75, 3.05) is 4.90 Å². The molecule has 0 aromatic heterocycles. The van der Waals surface area contributed by atoms with E-state index in [1.807, 2.05) is 104 Å². The van der Waals surface area contributed by atoms with Crippen molar-refractivity contribution in [1.82, 2.24) is 0 Å². The van der Waals surface area contributed by atoms with Crippen molar-refractivity contribution in [3.63, 3.8) is 0 Å². The number of carbonyl (C=O) groups excluding carboxylic acids is 4. The van der Waals surface area contributed by atoms with Gasteiger partial charge in [-0.3, -0.25) is 9.59 Å². The molecule has 0 N–H and O–H groups in total. The summed E-state index contributed by atoms with van der Waals surface area (Å²) in [6.07, 6.45) is 7.61. The molecule has 0 atom stereocenters. The summed E-state index contributed by atoms with van der Waals surface area (Å²) >= 11 is 0. The molecule has 0 radical (unpaired) electrons. The highest BCUT2D eigenvalue weighted by atomic mass is 16.6. The van der Waals surface area contributed by atoms with Crippen LogP contribution in [0.25, 0.3) is 0 Å². The van der Waals surface area contributed by atoms with Crippen LogP contribution in [-0.2, 0) is 10.2 Å². The van der Waals surface area contributed by atoms with Gasteiger partial charge < -0.3 is 14.2 Å². The van der Waals surface area contributed by atoms with Crippen molar-refractivity contribution in [3.8, 4) is 23.0 Å². The van der Waals surface area contributed by atoms with Gasteiger partial charge in [0.15, 0.2) is 0 Å². The third-order valence-corrected chi connectivity index (χ3v) is 10.6. The standard InChI is InChI=1S/C50H35N3O7/c1-30-4-10-33(11-5-30)51-34-12-14-35(15-13-34)52-36-16-18-37(19-17-36)53-46(54)42-26-24-40(28-44(42)47(53)55)58-38-20-6-31(7-21-38)50(2,3)32-8-22-39(23-9-32)59-41-25-27-43-45(29-41)49(57)60-48(43)56/h4-29H,1-3H3. The second-order valence-electron chi connectivity index (χ2n) is 15.0. The SMILES string of the molecule is Cc1ccc(N=C2C=CC(=Nc3ccc(N4C(=O)c5ccc(Oc6ccc(C(C)(C)c7ccc(Oc8ccc9c(c8)C(=O)OC9=O)cc7)cc6)cc5C4=O)cc3)C=C2)cc1. The van der Waals surface area contributed by atoms with Gasteiger partial charge in [0.1, 0.15) is 23.0 Å². The first kappa shape index (κ1) is 37.6. The monoisotopic (exact) mass is 789 g/mol. The van der Waals surface area contributed by atoms with E-state index in [1.165, 1.54) is 22.6 Å². The van der Waals surface area contributed by atoms with E-state index in [1.54, 1.807) is 48.5 Å². The number of carbonyl (C=O) groups is 4. The largest absolute Gasteiger partial charge is 0.457 e. The van der Waals surface area contributed by atoms with Gasteiger partial charge in [0.25, 0.3) is 11.8 Å². The molecule has 292 valence electrons. The molecule has 10 heteroatoms. The zero-order valence-electron chi connectivity index (χ0n) is 32.7. The topological polar surface area (TPSA) is 124 Å². The van der Waals surface area contributed by atoms with Gasteiger partial charge in [-0.15, -0.1) is 0 Å². The van der Waals surface area contributed by atoms with Gasteiger partial charge in [0, 0.05) is 5.41 Å². The van der Waals surface area contributed by atoms with Crippen molar-refractivity contribution in [2.24, 2.45) is 9.98 Å². The molecular weight excluding hydrogens is 755 g/mol. The van der Waals surface area contributed by atoms with E-state index in [9.17, 15) is 19.2 Å². The molecule has 60 heavy (non-hydrogen) atoms. The Bertz CT molecular complexity index is 2850. The molecule has 3 aliphatic rings. The van der Waals surface area contributed by atoms with Gasteiger partial charge in [-0.25, -0.2) is 24.5 Å². The molecule has 0 spiro atoms. The van der Waals surface area contributed by atoms with Crippen molar-refractivity contribution in [1.29, 1.82) is 0 Å². The summed E-state index contributed by atoms with van der Waals surface area (Å²) in [5.74, 6) is -0.188. The van der Waals surface area contributed by atoms with Crippen LogP contribution in [0.5, 0.6) is 23.0 Å². The van der Waals surface area contributed by atoms with E-state index in [0.29, 0.717) is 39.9 Å². The molecule has 6 aromatic rings. The average Bonchev–Trinajstić information content (AvgIpc) is 3.68. The van der Waals surface area contributed by atoms with Gasteiger partial charge in [-0.2, -0.15) is 0 Å². The maximum absolute atomic E-state index is 13.6. The predicted molar refractivity (Wildman–Crippen MR) is 229 cm³/mol. The number of hydrogen-bond acceptors (Lipinski definition) is 9. The first-order valence-corrected chi connectivity index (χ1v) is 19.2. The first-order valence-electron chi connectivity index (χ1n) is 19.2. The van der Waals surface area contributed by atoms with E-state index < -0.39 is 23.8 Å². The lowest BCUT2D eigenvalue weighted by molar-refractivity contribution is 0.0443. The second kappa shape index (κ2) is 15.1. The molecule has 1 aliphatic carbocycles. The van der Waals surface area contributed by atoms with Crippen LogP contribution >= 0.6 is 0 Å². The minimum Gasteiger partial charge on any atom is -0.457 e. The van der Waals surface area contributed by atoms with Crippen molar-refractivity contribution in [2.45, 2.75) is 26.2 Å². The number of imide groups is 1. The predicted octanol–water partition coefficient (Wildman–Crippen LogP) is 11.0. The van der Waals surface area contributed by atoms with Gasteiger partial charge in [0.05, 0.1) is 50.7 Å². The number of aryl methyl sites for hydroxylation is 1. The molecule has 2 aliphatic heterocycles. The third kappa shape index (κ3) is 7.33. The van der Waals surface area contributed by atoms with Gasteiger partial charge in [-0.1, -0.05) is 55.8 Å². The Morgan fingerprint density at radius 1 is 0.483 bits per heavy atom.